The first-order chi connectivity index (χ1) is 17.1. The number of hydrogen-bond acceptors (Lipinski definition) is 7. The maximum Gasteiger partial charge on any atom is 0.245 e. The van der Waals surface area contributed by atoms with Gasteiger partial charge in [0.05, 0.1) is 17.7 Å². The van der Waals surface area contributed by atoms with Gasteiger partial charge in [-0.15, -0.1) is 0 Å². The predicted molar refractivity (Wildman–Crippen MR) is 136 cm³/mol. The van der Waals surface area contributed by atoms with Crippen LogP contribution in [0.15, 0.2) is 30.7 Å². The second-order valence-corrected chi connectivity index (χ2v) is 10.4. The van der Waals surface area contributed by atoms with Crippen molar-refractivity contribution >= 4 is 34.3 Å². The molecule has 1 atom stereocenters. The van der Waals surface area contributed by atoms with Gasteiger partial charge in [0, 0.05) is 75.7 Å². The van der Waals surface area contributed by atoms with Crippen LogP contribution in [0.25, 0.3) is 10.9 Å². The van der Waals surface area contributed by atoms with E-state index in [0.717, 1.165) is 29.6 Å². The molecule has 0 bridgehead atoms. The van der Waals surface area contributed by atoms with Gasteiger partial charge in [-0.05, 0) is 45.2 Å². The fourth-order valence-electron chi connectivity index (χ4n) is 5.28. The second kappa shape index (κ2) is 10.4. The van der Waals surface area contributed by atoms with Crippen LogP contribution in [-0.2, 0) is 14.4 Å². The van der Waals surface area contributed by atoms with Crippen molar-refractivity contribution in [1.29, 1.82) is 0 Å². The van der Waals surface area contributed by atoms with Crippen molar-refractivity contribution in [2.45, 2.75) is 57.1 Å². The minimum Gasteiger partial charge on any atom is -0.386 e. The van der Waals surface area contributed by atoms with Gasteiger partial charge in [0.1, 0.15) is 5.54 Å². The zero-order valence-corrected chi connectivity index (χ0v) is 21.4. The van der Waals surface area contributed by atoms with Gasteiger partial charge >= 0.3 is 0 Å². The van der Waals surface area contributed by atoms with Crippen LogP contribution >= 0.6 is 0 Å². The third-order valence-corrected chi connectivity index (χ3v) is 7.31. The van der Waals surface area contributed by atoms with Gasteiger partial charge in [-0.25, -0.2) is 0 Å². The summed E-state index contributed by atoms with van der Waals surface area (Å²) in [4.78, 5) is 51.6. The van der Waals surface area contributed by atoms with Gasteiger partial charge < -0.3 is 25.1 Å². The van der Waals surface area contributed by atoms with Crippen molar-refractivity contribution in [2.75, 3.05) is 44.7 Å². The van der Waals surface area contributed by atoms with Crippen LogP contribution in [0.5, 0.6) is 0 Å². The zero-order valence-electron chi connectivity index (χ0n) is 21.4. The zero-order chi connectivity index (χ0) is 25.9. The Morgan fingerprint density at radius 3 is 2.81 bits per heavy atom. The summed E-state index contributed by atoms with van der Waals surface area (Å²) < 4.78 is 0. The molecule has 10 heteroatoms. The number of carbonyl (C=O) groups excluding carboxylic acids is 3. The molecule has 3 amide bonds. The summed E-state index contributed by atoms with van der Waals surface area (Å²) in [7, 11) is 1.70. The van der Waals surface area contributed by atoms with Crippen molar-refractivity contribution in [1.82, 2.24) is 25.1 Å². The molecule has 10 nitrogen and oxygen atoms in total. The van der Waals surface area contributed by atoms with Crippen molar-refractivity contribution in [3.8, 4) is 0 Å². The number of likely N-dealkylation sites (N-methyl/N-ethyl adjacent to an activating group) is 1. The van der Waals surface area contributed by atoms with Crippen molar-refractivity contribution in [2.24, 2.45) is 0 Å². The van der Waals surface area contributed by atoms with Gasteiger partial charge in [0.15, 0.2) is 0 Å². The molecule has 0 unspecified atom stereocenters. The van der Waals surface area contributed by atoms with Crippen molar-refractivity contribution in [3.05, 3.63) is 30.7 Å². The van der Waals surface area contributed by atoms with E-state index in [1.54, 1.807) is 49.3 Å². The SMILES string of the molecule is CN(C[C@]1(O)CCCN(c2ccnc3ccncc23)C1)C(=O)CCCC(=O)N1CCNC(=O)C1(C)C. The highest BCUT2D eigenvalue weighted by atomic mass is 16.3. The summed E-state index contributed by atoms with van der Waals surface area (Å²) in [6, 6.07) is 3.81. The van der Waals surface area contributed by atoms with Crippen molar-refractivity contribution in [3.63, 3.8) is 0 Å². The number of rotatable bonds is 7. The average molecular weight is 497 g/mol. The van der Waals surface area contributed by atoms with Crippen LogP contribution in [0.2, 0.25) is 0 Å². The number of nitrogens with zero attached hydrogens (tertiary/aromatic N) is 5. The lowest BCUT2D eigenvalue weighted by Crippen LogP contribution is -2.63. The van der Waals surface area contributed by atoms with E-state index in [2.05, 4.69) is 20.2 Å². The predicted octanol–water partition coefficient (Wildman–Crippen LogP) is 1.33. The van der Waals surface area contributed by atoms with Gasteiger partial charge in [-0.3, -0.25) is 24.4 Å². The second-order valence-electron chi connectivity index (χ2n) is 10.4. The first-order valence-electron chi connectivity index (χ1n) is 12.6. The number of hydrogen-bond donors (Lipinski definition) is 2. The summed E-state index contributed by atoms with van der Waals surface area (Å²) in [5.74, 6) is -0.391. The standard InChI is InChI=1S/C26H36N6O4/c1-25(2)24(35)29-13-15-32(25)23(34)7-4-6-22(33)30(3)17-26(36)10-5-14-31(18-26)21-9-12-28-20-8-11-27-16-19(20)21/h8-9,11-12,16,36H,4-7,10,13-15,17-18H2,1-3H3,(H,29,35)/t26-/m1/s1. The fraction of sp³-hybridized carbons (Fsp3) is 0.577. The molecule has 2 aromatic heterocycles. The molecular formula is C26H36N6O4. The molecule has 36 heavy (non-hydrogen) atoms. The van der Waals surface area contributed by atoms with Gasteiger partial charge in [0.2, 0.25) is 17.7 Å². The number of β-amino-alcohol motifs (C(OH)–C–C–N with tert-alkyl or cyclic N) is 1. The molecule has 2 saturated heterocycles. The lowest BCUT2D eigenvalue weighted by molar-refractivity contribution is -0.149. The Bertz CT molecular complexity index is 1130. The smallest absolute Gasteiger partial charge is 0.245 e. The highest BCUT2D eigenvalue weighted by molar-refractivity contribution is 5.92. The summed E-state index contributed by atoms with van der Waals surface area (Å²) in [6.45, 7) is 5.81. The van der Waals surface area contributed by atoms with E-state index in [4.69, 9.17) is 0 Å². The normalized spacial score (nSPS) is 21.8. The van der Waals surface area contributed by atoms with Crippen LogP contribution in [-0.4, -0.2) is 93.5 Å². The highest BCUT2D eigenvalue weighted by Crippen LogP contribution is 2.31. The number of piperazine rings is 1. The third-order valence-electron chi connectivity index (χ3n) is 7.31. The molecule has 2 N–H and O–H groups in total. The molecule has 0 aliphatic carbocycles. The molecule has 2 fully saturated rings. The number of anilines is 1. The lowest BCUT2D eigenvalue weighted by Gasteiger charge is -2.42. The van der Waals surface area contributed by atoms with Crippen molar-refractivity contribution < 1.29 is 19.5 Å². The minimum absolute atomic E-state index is 0.109. The molecule has 2 aromatic rings. The molecule has 0 saturated carbocycles. The topological polar surface area (TPSA) is 119 Å². The van der Waals surface area contributed by atoms with E-state index in [0.29, 0.717) is 32.5 Å². The molecule has 0 aromatic carbocycles. The molecule has 0 spiro atoms. The Kier molecular flexibility index (Phi) is 7.44. The summed E-state index contributed by atoms with van der Waals surface area (Å²) in [6.07, 6.45) is 7.49. The number of amides is 3. The maximum atomic E-state index is 12.8. The van der Waals surface area contributed by atoms with Crippen LogP contribution in [0, 0.1) is 0 Å². The van der Waals surface area contributed by atoms with Crippen LogP contribution in [0.1, 0.15) is 46.0 Å². The van der Waals surface area contributed by atoms with Gasteiger partial charge in [-0.1, -0.05) is 0 Å². The molecule has 4 heterocycles. The van der Waals surface area contributed by atoms with E-state index in [9.17, 15) is 19.5 Å². The van der Waals surface area contributed by atoms with E-state index >= 15 is 0 Å². The summed E-state index contributed by atoms with van der Waals surface area (Å²) >= 11 is 0. The van der Waals surface area contributed by atoms with E-state index < -0.39 is 11.1 Å². The number of aliphatic hydroxyl groups is 1. The number of nitrogens with one attached hydrogen (secondary N) is 1. The first-order valence-corrected chi connectivity index (χ1v) is 12.6. The largest absolute Gasteiger partial charge is 0.386 e. The minimum atomic E-state index is -1.04. The molecule has 0 radical (unpaired) electrons. The Labute approximate surface area is 211 Å². The quantitative estimate of drug-likeness (QED) is 0.594. The first kappa shape index (κ1) is 25.8. The van der Waals surface area contributed by atoms with Gasteiger partial charge in [0.25, 0.3) is 0 Å². The number of carbonyl (C=O) groups is 3. The van der Waals surface area contributed by atoms with Crippen LogP contribution in [0.3, 0.4) is 0 Å². The van der Waals surface area contributed by atoms with Crippen LogP contribution < -0.4 is 10.2 Å². The lowest BCUT2D eigenvalue weighted by atomic mass is 9.91. The Hall–Kier alpha value is -3.27. The molecular weight excluding hydrogens is 460 g/mol. The molecule has 2 aliphatic rings. The summed E-state index contributed by atoms with van der Waals surface area (Å²) in [5, 5.41) is 15.1. The number of pyridine rings is 2. The monoisotopic (exact) mass is 496 g/mol. The Balaban J connectivity index is 1.31. The third kappa shape index (κ3) is 5.43. The van der Waals surface area contributed by atoms with E-state index in [1.807, 2.05) is 12.1 Å². The summed E-state index contributed by atoms with van der Waals surface area (Å²) in [5.41, 5.74) is -0.0933. The van der Waals surface area contributed by atoms with E-state index in [1.165, 1.54) is 0 Å². The highest BCUT2D eigenvalue weighted by Gasteiger charge is 2.40. The number of fused-ring (bicyclic) bond motifs is 1. The fourth-order valence-corrected chi connectivity index (χ4v) is 5.28. The van der Waals surface area contributed by atoms with E-state index in [-0.39, 0.29) is 37.1 Å². The van der Waals surface area contributed by atoms with Crippen LogP contribution in [0.4, 0.5) is 5.69 Å². The van der Waals surface area contributed by atoms with Gasteiger partial charge in [-0.2, -0.15) is 0 Å². The number of piperidine rings is 1. The average Bonchev–Trinajstić information content (AvgIpc) is 2.84. The maximum absolute atomic E-state index is 12.8. The Morgan fingerprint density at radius 1 is 1.19 bits per heavy atom. The number of aromatic nitrogens is 2. The molecule has 194 valence electrons. The molecule has 2 aliphatic heterocycles. The molecule has 4 rings (SSSR count). The Morgan fingerprint density at radius 2 is 2.00 bits per heavy atom.